The third-order valence-corrected chi connectivity index (χ3v) is 6.92. The van der Waals surface area contributed by atoms with Gasteiger partial charge in [0, 0.05) is 16.1 Å². The van der Waals surface area contributed by atoms with Crippen molar-refractivity contribution in [3.63, 3.8) is 0 Å². The second-order valence-electron chi connectivity index (χ2n) is 6.89. The largest absolute Gasteiger partial charge is 2.00 e. The van der Waals surface area contributed by atoms with Crippen LogP contribution in [-0.2, 0) is 0 Å². The first-order chi connectivity index (χ1) is 8.21. The van der Waals surface area contributed by atoms with Gasteiger partial charge >= 0.3 is 49.4 Å². The van der Waals surface area contributed by atoms with Crippen molar-refractivity contribution in [2.45, 2.75) is 52.1 Å². The fraction of sp³-hybridized carbons (Fsp3) is 0.500. The molecule has 0 N–H and O–H groups in total. The molecule has 107 valence electrons. The minimum atomic E-state index is -1.01. The first-order valence-corrected chi connectivity index (χ1v) is 13.8. The summed E-state index contributed by atoms with van der Waals surface area (Å²) < 4.78 is 0. The van der Waals surface area contributed by atoms with Crippen molar-refractivity contribution >= 4 is 16.1 Å². The molecule has 0 nitrogen and oxygen atoms in total. The van der Waals surface area contributed by atoms with Crippen molar-refractivity contribution < 1.29 is 50.8 Å². The van der Waals surface area contributed by atoms with Crippen molar-refractivity contribution in [1.29, 1.82) is 0 Å². The Morgan fingerprint density at radius 1 is 0.789 bits per heavy atom. The minimum absolute atomic E-state index is 0. The molecule has 0 bridgehead atoms. The van der Waals surface area contributed by atoms with E-state index in [1.54, 1.807) is 0 Å². The summed E-state index contributed by atoms with van der Waals surface area (Å²) in [5, 5.41) is 2.98. The van der Waals surface area contributed by atoms with Crippen molar-refractivity contribution in [2.75, 3.05) is 0 Å². The normalized spacial score (nSPS) is 17.4. The second-order valence-corrected chi connectivity index (χ2v) is 17.0. The molecule has 0 aliphatic heterocycles. The zero-order valence-corrected chi connectivity index (χ0v) is 17.5. The van der Waals surface area contributed by atoms with Crippen LogP contribution in [0.5, 0.6) is 0 Å². The van der Waals surface area contributed by atoms with E-state index in [1.807, 2.05) is 0 Å². The molecule has 0 aromatic rings. The van der Waals surface area contributed by atoms with E-state index in [4.69, 9.17) is 0 Å². The Morgan fingerprint density at radius 2 is 1.11 bits per heavy atom. The van der Waals surface area contributed by atoms with E-state index < -0.39 is 16.1 Å². The maximum Gasteiger partial charge on any atom is 2.00 e. The van der Waals surface area contributed by atoms with Gasteiger partial charge in [0.25, 0.3) is 0 Å². The summed E-state index contributed by atoms with van der Waals surface area (Å²) in [6, 6.07) is 0. The van der Waals surface area contributed by atoms with E-state index in [0.29, 0.717) is 0 Å². The van der Waals surface area contributed by atoms with Gasteiger partial charge in [-0.2, -0.15) is 12.2 Å². The molecule has 0 aromatic carbocycles. The standard InChI is InChI=1S/2C8H13Si.Eu.H/c2*1-9(2,3)8-6-4-5-7-8;;/h2*4,6H,5H2,1-3H3;;/q2*-1;+2;-1. The number of hydrogen-bond donors (Lipinski definition) is 0. The smallest absolute Gasteiger partial charge is 1.00 e. The molecule has 0 unspecified atom stereocenters. The van der Waals surface area contributed by atoms with E-state index in [1.165, 1.54) is 10.4 Å². The predicted octanol–water partition coefficient (Wildman–Crippen LogP) is 5.22. The maximum absolute atomic E-state index is 3.36. The summed E-state index contributed by atoms with van der Waals surface area (Å²) in [4.78, 5) is 0. The van der Waals surface area contributed by atoms with Gasteiger partial charge in [-0.25, -0.2) is 22.5 Å². The average Bonchev–Trinajstić information content (AvgIpc) is 2.91. The van der Waals surface area contributed by atoms with Gasteiger partial charge in [0.15, 0.2) is 0 Å². The van der Waals surface area contributed by atoms with Gasteiger partial charge in [0.1, 0.15) is 0 Å². The zero-order valence-electron chi connectivity index (χ0n) is 14.1. The fourth-order valence-electron chi connectivity index (χ4n) is 1.84. The molecule has 0 heterocycles. The molecule has 3 heteroatoms. The molecule has 0 atom stereocenters. The minimum Gasteiger partial charge on any atom is -1.00 e. The van der Waals surface area contributed by atoms with Gasteiger partial charge in [0.05, 0.1) is 0 Å². The molecule has 0 saturated heterocycles. The molecule has 2 aliphatic rings. The van der Waals surface area contributed by atoms with Gasteiger partial charge in [0.2, 0.25) is 0 Å². The topological polar surface area (TPSA) is 0 Å². The van der Waals surface area contributed by atoms with Crippen molar-refractivity contribution in [3.8, 4) is 0 Å². The summed E-state index contributed by atoms with van der Waals surface area (Å²) in [5.41, 5.74) is 0. The summed E-state index contributed by atoms with van der Waals surface area (Å²) >= 11 is 0. The van der Waals surface area contributed by atoms with Gasteiger partial charge in [-0.05, 0) is 0 Å². The summed E-state index contributed by atoms with van der Waals surface area (Å²) in [6.45, 7) is 14.1. The SMILES string of the molecule is C[Si](C)(C)C1=[C-]CC=C1.C[Si](C)(C)C1=[C-]CC=C1.[Eu+2].[H-]. The van der Waals surface area contributed by atoms with Crippen LogP contribution in [0.4, 0.5) is 0 Å². The maximum atomic E-state index is 3.36. The molecular weight excluding hydrogens is 400 g/mol. The molecule has 1 radical (unpaired) electrons. The van der Waals surface area contributed by atoms with Gasteiger partial charge in [-0.1, -0.05) is 39.3 Å². The predicted molar refractivity (Wildman–Crippen MR) is 88.8 cm³/mol. The van der Waals surface area contributed by atoms with Crippen molar-refractivity contribution in [3.05, 3.63) is 46.8 Å². The first-order valence-electron chi connectivity index (χ1n) is 6.77. The second kappa shape index (κ2) is 8.43. The Labute approximate surface area is 164 Å². The Bertz CT molecular complexity index is 367. The quantitative estimate of drug-likeness (QED) is 0.419. The molecule has 0 aromatic heterocycles. The van der Waals surface area contributed by atoms with E-state index in [0.717, 1.165) is 12.8 Å². The van der Waals surface area contributed by atoms with Crippen LogP contribution in [0.2, 0.25) is 39.3 Å². The van der Waals surface area contributed by atoms with Crippen LogP contribution < -0.4 is 0 Å². The number of allylic oxidation sites excluding steroid dienone is 8. The molecule has 0 amide bonds. The van der Waals surface area contributed by atoms with Crippen LogP contribution in [-0.4, -0.2) is 16.1 Å². The molecule has 2 rings (SSSR count). The summed E-state index contributed by atoms with van der Waals surface area (Å²) in [7, 11) is -2.01. The number of rotatable bonds is 2. The van der Waals surface area contributed by atoms with Gasteiger partial charge < -0.3 is 1.43 Å². The van der Waals surface area contributed by atoms with Crippen molar-refractivity contribution in [2.24, 2.45) is 0 Å². The van der Waals surface area contributed by atoms with Crippen molar-refractivity contribution in [1.82, 2.24) is 0 Å². The Balaban J connectivity index is 0. The van der Waals surface area contributed by atoms with Crippen LogP contribution in [0.15, 0.2) is 34.7 Å². The van der Waals surface area contributed by atoms with Crippen LogP contribution in [0.1, 0.15) is 14.3 Å². The molecule has 0 spiro atoms. The van der Waals surface area contributed by atoms with Crippen LogP contribution >= 0.6 is 0 Å². The zero-order chi connectivity index (χ0) is 13.8. The Hall–Kier alpha value is 0.978. The van der Waals surface area contributed by atoms with E-state index in [9.17, 15) is 0 Å². The molecule has 0 fully saturated rings. The van der Waals surface area contributed by atoms with E-state index >= 15 is 0 Å². The Kier molecular flexibility index (Phi) is 8.86. The molecule has 19 heavy (non-hydrogen) atoms. The summed E-state index contributed by atoms with van der Waals surface area (Å²) in [6.07, 6.45) is 17.6. The monoisotopic (exact) mass is 428 g/mol. The van der Waals surface area contributed by atoms with Crippen LogP contribution in [0.25, 0.3) is 0 Å². The third kappa shape index (κ3) is 7.52. The number of hydrogen-bond acceptors (Lipinski definition) is 0. The first kappa shape index (κ1) is 20.0. The van der Waals surface area contributed by atoms with Crippen LogP contribution in [0.3, 0.4) is 0 Å². The molecule has 0 saturated carbocycles. The van der Waals surface area contributed by atoms with Gasteiger partial charge in [-0.15, -0.1) is 12.8 Å². The third-order valence-electron chi connectivity index (χ3n) is 3.01. The van der Waals surface area contributed by atoms with E-state index in [-0.39, 0.29) is 50.8 Å². The molecule has 2 aliphatic carbocycles. The Morgan fingerprint density at radius 3 is 1.21 bits per heavy atom. The van der Waals surface area contributed by atoms with Gasteiger partial charge in [-0.3, -0.25) is 12.2 Å². The van der Waals surface area contributed by atoms with Crippen LogP contribution in [0, 0.1) is 61.5 Å². The summed E-state index contributed by atoms with van der Waals surface area (Å²) in [5.74, 6) is 0. The fourth-order valence-corrected chi connectivity index (χ4v) is 4.34. The van der Waals surface area contributed by atoms with E-state index in [2.05, 4.69) is 75.7 Å². The average molecular weight is 428 g/mol. The molecular formula is C16H27EuSi2-.